The van der Waals surface area contributed by atoms with Gasteiger partial charge >= 0.3 is 6.18 Å². The highest BCUT2D eigenvalue weighted by molar-refractivity contribution is 5.85. The fourth-order valence-electron chi connectivity index (χ4n) is 4.09. The highest BCUT2D eigenvalue weighted by Crippen LogP contribution is 2.36. The number of aliphatic hydroxyl groups excluding tert-OH is 1. The molecule has 1 aliphatic heterocycles. The molecule has 2 aromatic carbocycles. The number of halogens is 4. The molecule has 4 rings (SSSR count). The van der Waals surface area contributed by atoms with Gasteiger partial charge in [0, 0.05) is 12.1 Å². The van der Waals surface area contributed by atoms with Crippen molar-refractivity contribution in [3.8, 4) is 17.1 Å². The SMILES string of the molecule is COc1ccc(CCc2ccc(-c3noc([C@@H]4[C@@H](O)CCN4C(=N)N)n3)cc2C(F)(F)F)cc1.Cl. The average Bonchev–Trinajstić information content (AvgIpc) is 3.44. The molecule has 35 heavy (non-hydrogen) atoms. The van der Waals surface area contributed by atoms with Gasteiger partial charge in [0.25, 0.3) is 5.89 Å². The Bertz CT molecular complexity index is 1170. The summed E-state index contributed by atoms with van der Waals surface area (Å²) in [6.45, 7) is 0.333. The summed E-state index contributed by atoms with van der Waals surface area (Å²) in [6.07, 6.45) is -4.48. The summed E-state index contributed by atoms with van der Waals surface area (Å²) in [7, 11) is 1.55. The minimum Gasteiger partial charge on any atom is -0.497 e. The van der Waals surface area contributed by atoms with Crippen LogP contribution in [0.1, 0.15) is 35.0 Å². The van der Waals surface area contributed by atoms with E-state index in [1.807, 2.05) is 12.1 Å². The Hall–Kier alpha value is -3.31. The van der Waals surface area contributed by atoms with Gasteiger partial charge in [-0.2, -0.15) is 18.2 Å². The lowest BCUT2D eigenvalue weighted by Crippen LogP contribution is -2.37. The second kappa shape index (κ2) is 10.5. The normalized spacial score (nSPS) is 17.8. The van der Waals surface area contributed by atoms with Crippen LogP contribution in [0.4, 0.5) is 13.2 Å². The van der Waals surface area contributed by atoms with E-state index in [1.54, 1.807) is 19.2 Å². The van der Waals surface area contributed by atoms with E-state index in [4.69, 9.17) is 20.4 Å². The van der Waals surface area contributed by atoms with Crippen molar-refractivity contribution in [1.82, 2.24) is 15.0 Å². The molecule has 0 spiro atoms. The minimum absolute atomic E-state index is 0. The molecule has 4 N–H and O–H groups in total. The van der Waals surface area contributed by atoms with Crippen LogP contribution in [0.5, 0.6) is 5.75 Å². The van der Waals surface area contributed by atoms with Crippen molar-refractivity contribution in [2.24, 2.45) is 5.73 Å². The van der Waals surface area contributed by atoms with Gasteiger partial charge in [-0.05, 0) is 48.6 Å². The molecular weight excluding hydrogens is 487 g/mol. The Morgan fingerprint density at radius 1 is 1.23 bits per heavy atom. The number of likely N-dealkylation sites (tertiary alicyclic amines) is 1. The summed E-state index contributed by atoms with van der Waals surface area (Å²) < 4.78 is 51.9. The highest BCUT2D eigenvalue weighted by Gasteiger charge is 2.39. The Morgan fingerprint density at radius 2 is 1.94 bits per heavy atom. The molecule has 0 bridgehead atoms. The lowest BCUT2D eigenvalue weighted by molar-refractivity contribution is -0.138. The third-order valence-electron chi connectivity index (χ3n) is 5.89. The molecule has 1 aromatic heterocycles. The number of aromatic nitrogens is 2. The van der Waals surface area contributed by atoms with Crippen molar-refractivity contribution in [3.63, 3.8) is 0 Å². The number of aliphatic hydroxyl groups is 1. The molecule has 0 aliphatic carbocycles. The predicted octanol–water partition coefficient (Wildman–Crippen LogP) is 3.97. The fourth-order valence-corrected chi connectivity index (χ4v) is 4.09. The molecule has 1 fully saturated rings. The zero-order valence-corrected chi connectivity index (χ0v) is 19.6. The van der Waals surface area contributed by atoms with Gasteiger partial charge in [-0.1, -0.05) is 29.4 Å². The number of guanidine groups is 1. The number of alkyl halides is 3. The quantitative estimate of drug-likeness (QED) is 0.338. The van der Waals surface area contributed by atoms with Crippen molar-refractivity contribution in [2.75, 3.05) is 13.7 Å². The van der Waals surface area contributed by atoms with Gasteiger partial charge in [-0.25, -0.2) is 0 Å². The number of rotatable bonds is 6. The minimum atomic E-state index is -4.56. The number of methoxy groups -OCH3 is 1. The summed E-state index contributed by atoms with van der Waals surface area (Å²) in [6, 6.07) is 10.3. The van der Waals surface area contributed by atoms with Crippen LogP contribution in [0.3, 0.4) is 0 Å². The van der Waals surface area contributed by atoms with Crippen LogP contribution >= 0.6 is 12.4 Å². The van der Waals surface area contributed by atoms with Gasteiger partial charge in [-0.15, -0.1) is 12.4 Å². The smallest absolute Gasteiger partial charge is 0.416 e. The Morgan fingerprint density at radius 3 is 2.57 bits per heavy atom. The van der Waals surface area contributed by atoms with E-state index in [-0.39, 0.29) is 47.6 Å². The second-order valence-corrected chi connectivity index (χ2v) is 8.05. The summed E-state index contributed by atoms with van der Waals surface area (Å²) >= 11 is 0. The van der Waals surface area contributed by atoms with E-state index >= 15 is 0 Å². The molecule has 2 heterocycles. The van der Waals surface area contributed by atoms with E-state index in [9.17, 15) is 18.3 Å². The largest absolute Gasteiger partial charge is 0.497 e. The van der Waals surface area contributed by atoms with E-state index in [2.05, 4.69) is 10.1 Å². The van der Waals surface area contributed by atoms with Crippen LogP contribution in [0.2, 0.25) is 0 Å². The number of aryl methyl sites for hydroxylation is 2. The molecule has 0 unspecified atom stereocenters. The Labute approximate surface area is 205 Å². The number of ether oxygens (including phenoxy) is 1. The first-order chi connectivity index (χ1) is 16.2. The van der Waals surface area contributed by atoms with E-state index < -0.39 is 23.9 Å². The van der Waals surface area contributed by atoms with Crippen LogP contribution in [0, 0.1) is 5.41 Å². The molecule has 8 nitrogen and oxygen atoms in total. The molecule has 0 radical (unpaired) electrons. The maximum Gasteiger partial charge on any atom is 0.416 e. The van der Waals surface area contributed by atoms with Crippen molar-refractivity contribution < 1.29 is 27.5 Å². The van der Waals surface area contributed by atoms with Crippen molar-refractivity contribution in [1.29, 1.82) is 5.41 Å². The lowest BCUT2D eigenvalue weighted by atomic mass is 9.97. The first-order valence-corrected chi connectivity index (χ1v) is 10.6. The standard InChI is InChI=1S/C23H24F3N5O3.ClH/c1-33-16-8-3-13(4-9-16)2-5-14-6-7-15(12-17(14)23(24,25)26)20-29-21(34-30-20)19-18(32)10-11-31(19)22(27)28;/h3-4,6-9,12,18-19,32H,2,5,10-11H2,1H3,(H3,27,28);1H/t18-,19-;/m0./s1. The molecule has 1 saturated heterocycles. The summed E-state index contributed by atoms with van der Waals surface area (Å²) in [5, 5.41) is 21.7. The molecule has 1 aliphatic rings. The zero-order valence-electron chi connectivity index (χ0n) is 18.7. The predicted molar refractivity (Wildman–Crippen MR) is 124 cm³/mol. The first-order valence-electron chi connectivity index (χ1n) is 10.6. The number of hydrogen-bond acceptors (Lipinski definition) is 6. The van der Waals surface area contributed by atoms with Gasteiger partial charge < -0.3 is 25.0 Å². The van der Waals surface area contributed by atoms with Crippen molar-refractivity contribution in [3.05, 3.63) is 65.0 Å². The average molecular weight is 512 g/mol. The van der Waals surface area contributed by atoms with Crippen LogP contribution in [-0.4, -0.2) is 45.9 Å². The summed E-state index contributed by atoms with van der Waals surface area (Å²) in [4.78, 5) is 5.61. The van der Waals surface area contributed by atoms with Crippen molar-refractivity contribution >= 4 is 18.4 Å². The van der Waals surface area contributed by atoms with Gasteiger partial charge in [0.2, 0.25) is 5.82 Å². The monoisotopic (exact) mass is 511 g/mol. The third kappa shape index (κ3) is 5.68. The molecule has 12 heteroatoms. The molecule has 2 atom stereocenters. The van der Waals surface area contributed by atoms with Gasteiger partial charge in [0.05, 0.1) is 18.8 Å². The Balaban J connectivity index is 0.00000342. The van der Waals surface area contributed by atoms with Gasteiger partial charge in [0.1, 0.15) is 11.8 Å². The Kier molecular flexibility index (Phi) is 7.91. The number of nitrogens with zero attached hydrogens (tertiary/aromatic N) is 3. The first kappa shape index (κ1) is 26.3. The molecular formula is C23H25ClF3N5O3. The molecule has 0 amide bonds. The maximum atomic E-state index is 13.9. The van der Waals surface area contributed by atoms with Crippen LogP contribution in [-0.2, 0) is 19.0 Å². The van der Waals surface area contributed by atoms with E-state index in [1.165, 1.54) is 17.0 Å². The number of nitrogens with two attached hydrogens (primary N) is 1. The molecule has 188 valence electrons. The zero-order chi connectivity index (χ0) is 24.5. The maximum absolute atomic E-state index is 13.9. The molecule has 0 saturated carbocycles. The summed E-state index contributed by atoms with van der Waals surface area (Å²) in [5.74, 6) is 0.374. The van der Waals surface area contributed by atoms with Crippen LogP contribution < -0.4 is 10.5 Å². The topological polar surface area (TPSA) is 121 Å². The van der Waals surface area contributed by atoms with Crippen molar-refractivity contribution in [2.45, 2.75) is 37.6 Å². The van der Waals surface area contributed by atoms with E-state index in [0.29, 0.717) is 25.1 Å². The van der Waals surface area contributed by atoms with Gasteiger partial charge in [0.15, 0.2) is 5.96 Å². The van der Waals surface area contributed by atoms with Crippen LogP contribution in [0.25, 0.3) is 11.4 Å². The highest BCUT2D eigenvalue weighted by atomic mass is 35.5. The van der Waals surface area contributed by atoms with Crippen LogP contribution in [0.15, 0.2) is 47.0 Å². The number of nitrogens with one attached hydrogen (secondary N) is 1. The number of benzene rings is 2. The number of hydrogen-bond donors (Lipinski definition) is 3. The fraction of sp³-hybridized carbons (Fsp3) is 0.348. The molecule has 3 aromatic rings. The lowest BCUT2D eigenvalue weighted by Gasteiger charge is -2.22. The van der Waals surface area contributed by atoms with Gasteiger partial charge in [-0.3, -0.25) is 5.41 Å². The van der Waals surface area contributed by atoms with E-state index in [0.717, 1.165) is 11.6 Å². The third-order valence-corrected chi connectivity index (χ3v) is 5.89. The summed E-state index contributed by atoms with van der Waals surface area (Å²) in [5.41, 5.74) is 5.97. The second-order valence-electron chi connectivity index (χ2n) is 8.05.